The molecule has 4 N–H and O–H groups in total. The number of hydrogen-bond acceptors (Lipinski definition) is 5. The Kier molecular flexibility index (Phi) is 6.61. The number of fused-ring (bicyclic) bond motifs is 1. The van der Waals surface area contributed by atoms with Crippen LogP contribution in [0.1, 0.15) is 17.2 Å². The Labute approximate surface area is 204 Å². The van der Waals surface area contributed by atoms with Crippen LogP contribution in [-0.2, 0) is 6.18 Å². The number of aromatic amines is 2. The lowest BCUT2D eigenvalue weighted by Gasteiger charge is -2.16. The smallest absolute Gasteiger partial charge is 0.416 e. The molecule has 7 nitrogen and oxygen atoms in total. The number of anilines is 1. The van der Waals surface area contributed by atoms with Gasteiger partial charge in [0.1, 0.15) is 22.7 Å². The van der Waals surface area contributed by atoms with Crippen molar-refractivity contribution >= 4 is 44.3 Å². The summed E-state index contributed by atoms with van der Waals surface area (Å²) in [7, 11) is 1.53. The van der Waals surface area contributed by atoms with Crippen LogP contribution in [0.25, 0.3) is 22.4 Å². The SMILES string of the molecule is COc1ccc(C(O)CNc2cc[nH]c(=O)c2-c2nc3c(Cl)cc(C(F)(F)F)cc3[nH]2)cc1Br. The lowest BCUT2D eigenvalue weighted by atomic mass is 10.1. The van der Waals surface area contributed by atoms with Gasteiger partial charge in [-0.25, -0.2) is 4.98 Å². The average Bonchev–Trinajstić information content (AvgIpc) is 3.21. The van der Waals surface area contributed by atoms with Crippen LogP contribution in [0.15, 0.2) is 51.9 Å². The van der Waals surface area contributed by atoms with Crippen molar-refractivity contribution in [3.8, 4) is 17.1 Å². The Morgan fingerprint density at radius 1 is 1.26 bits per heavy atom. The second kappa shape index (κ2) is 9.32. The topological polar surface area (TPSA) is 103 Å². The summed E-state index contributed by atoms with van der Waals surface area (Å²) in [6.45, 7) is 0.0361. The molecule has 0 amide bonds. The predicted molar refractivity (Wildman–Crippen MR) is 126 cm³/mol. The highest BCUT2D eigenvalue weighted by atomic mass is 79.9. The summed E-state index contributed by atoms with van der Waals surface area (Å²) >= 11 is 9.39. The van der Waals surface area contributed by atoms with E-state index in [1.54, 1.807) is 24.3 Å². The summed E-state index contributed by atoms with van der Waals surface area (Å²) in [6.07, 6.45) is -4.12. The molecule has 2 aromatic heterocycles. The lowest BCUT2D eigenvalue weighted by Crippen LogP contribution is -2.17. The Balaban J connectivity index is 1.66. The van der Waals surface area contributed by atoms with Crippen LogP contribution in [0.4, 0.5) is 18.9 Å². The number of alkyl halides is 3. The number of aliphatic hydroxyl groups is 1. The number of hydrogen-bond donors (Lipinski definition) is 4. The lowest BCUT2D eigenvalue weighted by molar-refractivity contribution is -0.137. The number of pyridine rings is 1. The molecule has 1 atom stereocenters. The van der Waals surface area contributed by atoms with Crippen LogP contribution in [0.3, 0.4) is 0 Å². The van der Waals surface area contributed by atoms with Crippen molar-refractivity contribution in [2.45, 2.75) is 12.3 Å². The van der Waals surface area contributed by atoms with Crippen molar-refractivity contribution in [3.05, 3.63) is 73.6 Å². The number of aromatic nitrogens is 3. The van der Waals surface area contributed by atoms with Gasteiger partial charge in [0, 0.05) is 12.7 Å². The van der Waals surface area contributed by atoms with E-state index in [1.807, 2.05) is 0 Å². The number of imidazole rings is 1. The molecule has 0 fully saturated rings. The molecule has 4 aromatic rings. The zero-order chi connectivity index (χ0) is 24.6. The molecule has 0 spiro atoms. The van der Waals surface area contributed by atoms with Crippen LogP contribution in [0, 0.1) is 0 Å². The fourth-order valence-corrected chi connectivity index (χ4v) is 4.25. The van der Waals surface area contributed by atoms with Gasteiger partial charge < -0.3 is 25.1 Å². The summed E-state index contributed by atoms with van der Waals surface area (Å²) in [5.41, 5.74) is -0.351. The Hall–Kier alpha value is -3.02. The summed E-state index contributed by atoms with van der Waals surface area (Å²) in [5.74, 6) is 0.639. The maximum atomic E-state index is 13.1. The summed E-state index contributed by atoms with van der Waals surface area (Å²) in [6, 6.07) is 8.34. The number of rotatable bonds is 6. The van der Waals surface area contributed by atoms with E-state index in [9.17, 15) is 23.1 Å². The summed E-state index contributed by atoms with van der Waals surface area (Å²) in [4.78, 5) is 22.1. The third kappa shape index (κ3) is 4.77. The molecule has 1 unspecified atom stereocenters. The van der Waals surface area contributed by atoms with E-state index in [0.717, 1.165) is 12.1 Å². The van der Waals surface area contributed by atoms with E-state index < -0.39 is 23.4 Å². The van der Waals surface area contributed by atoms with Crippen LogP contribution in [-0.4, -0.2) is 33.7 Å². The molecule has 0 bridgehead atoms. The number of nitrogens with zero attached hydrogens (tertiary/aromatic N) is 1. The molecule has 2 aromatic carbocycles. The predicted octanol–water partition coefficient (Wildman–Crippen LogP) is 5.51. The first kappa shape index (κ1) is 24.1. The molecule has 0 aliphatic heterocycles. The maximum absolute atomic E-state index is 13.1. The number of methoxy groups -OCH3 is 1. The van der Waals surface area contributed by atoms with Crippen LogP contribution < -0.4 is 15.6 Å². The van der Waals surface area contributed by atoms with E-state index in [1.165, 1.54) is 13.3 Å². The fourth-order valence-electron chi connectivity index (χ4n) is 3.43. The highest BCUT2D eigenvalue weighted by Crippen LogP contribution is 2.36. The van der Waals surface area contributed by atoms with Crippen molar-refractivity contribution in [3.63, 3.8) is 0 Å². The zero-order valence-electron chi connectivity index (χ0n) is 17.4. The molecular formula is C22H17BrClF3N4O3. The Morgan fingerprint density at radius 2 is 2.03 bits per heavy atom. The number of nitrogens with one attached hydrogen (secondary N) is 3. The third-order valence-electron chi connectivity index (χ3n) is 5.11. The molecule has 0 saturated heterocycles. The van der Waals surface area contributed by atoms with Gasteiger partial charge in [-0.1, -0.05) is 17.7 Å². The van der Waals surface area contributed by atoms with Gasteiger partial charge in [-0.05, 0) is 51.8 Å². The van der Waals surface area contributed by atoms with Gasteiger partial charge in [0.2, 0.25) is 0 Å². The minimum Gasteiger partial charge on any atom is -0.496 e. The minimum atomic E-state index is -4.59. The normalized spacial score (nSPS) is 12.7. The average molecular weight is 558 g/mol. The highest BCUT2D eigenvalue weighted by molar-refractivity contribution is 9.10. The van der Waals surface area contributed by atoms with Crippen molar-refractivity contribution in [2.24, 2.45) is 0 Å². The monoisotopic (exact) mass is 556 g/mol. The standard InChI is InChI=1S/C22H17BrClF3N4O3/c1-34-17-3-2-10(6-12(17)23)16(32)9-29-14-4-5-28-21(33)18(14)20-30-15-8-11(22(25,26)27)7-13(24)19(15)31-20/h2-8,16,32H,9H2,1H3,(H,30,31)(H2,28,29,33). The molecular weight excluding hydrogens is 541 g/mol. The van der Waals surface area contributed by atoms with Gasteiger partial charge in [0.05, 0.1) is 39.5 Å². The number of aliphatic hydroxyl groups excluding tert-OH is 1. The molecule has 0 radical (unpaired) electrons. The molecule has 2 heterocycles. The number of halogens is 5. The van der Waals surface area contributed by atoms with E-state index >= 15 is 0 Å². The van der Waals surface area contributed by atoms with Crippen molar-refractivity contribution < 1.29 is 23.0 Å². The first-order valence-electron chi connectivity index (χ1n) is 9.82. The van der Waals surface area contributed by atoms with Gasteiger partial charge in [0.25, 0.3) is 5.56 Å². The van der Waals surface area contributed by atoms with E-state index in [2.05, 4.69) is 36.2 Å². The van der Waals surface area contributed by atoms with E-state index in [0.29, 0.717) is 21.5 Å². The van der Waals surface area contributed by atoms with E-state index in [-0.39, 0.29) is 34.0 Å². The maximum Gasteiger partial charge on any atom is 0.416 e. The van der Waals surface area contributed by atoms with Gasteiger partial charge >= 0.3 is 6.18 Å². The molecule has 12 heteroatoms. The molecule has 4 rings (SSSR count). The number of benzene rings is 2. The largest absolute Gasteiger partial charge is 0.496 e. The molecule has 0 saturated carbocycles. The molecule has 0 aliphatic carbocycles. The first-order chi connectivity index (χ1) is 16.1. The van der Waals surface area contributed by atoms with E-state index in [4.69, 9.17) is 16.3 Å². The molecule has 0 aliphatic rings. The van der Waals surface area contributed by atoms with Crippen molar-refractivity contribution in [2.75, 3.05) is 19.0 Å². The second-order valence-electron chi connectivity index (χ2n) is 7.32. The zero-order valence-corrected chi connectivity index (χ0v) is 19.8. The third-order valence-corrected chi connectivity index (χ3v) is 6.02. The minimum absolute atomic E-state index is 0.0299. The number of H-pyrrole nitrogens is 2. The van der Waals surface area contributed by atoms with Crippen molar-refractivity contribution in [1.82, 2.24) is 15.0 Å². The molecule has 34 heavy (non-hydrogen) atoms. The Bertz CT molecular complexity index is 1420. The second-order valence-corrected chi connectivity index (χ2v) is 8.59. The molecule has 178 valence electrons. The van der Waals surface area contributed by atoms with Crippen LogP contribution in [0.2, 0.25) is 5.02 Å². The van der Waals surface area contributed by atoms with Crippen molar-refractivity contribution in [1.29, 1.82) is 0 Å². The van der Waals surface area contributed by atoms with Gasteiger partial charge in [0.15, 0.2) is 0 Å². The quantitative estimate of drug-likeness (QED) is 0.250. The summed E-state index contributed by atoms with van der Waals surface area (Å²) < 4.78 is 45.3. The first-order valence-corrected chi connectivity index (χ1v) is 11.0. The van der Waals surface area contributed by atoms with Crippen LogP contribution in [0.5, 0.6) is 5.75 Å². The van der Waals surface area contributed by atoms with Gasteiger partial charge in [-0.3, -0.25) is 4.79 Å². The number of ether oxygens (including phenoxy) is 1. The summed E-state index contributed by atoms with van der Waals surface area (Å²) in [5, 5.41) is 13.4. The Morgan fingerprint density at radius 3 is 2.71 bits per heavy atom. The van der Waals surface area contributed by atoms with Crippen LogP contribution >= 0.6 is 27.5 Å². The highest BCUT2D eigenvalue weighted by Gasteiger charge is 2.32. The van der Waals surface area contributed by atoms with Gasteiger partial charge in [-0.15, -0.1) is 0 Å². The fraction of sp³-hybridized carbons (Fsp3) is 0.182. The van der Waals surface area contributed by atoms with Gasteiger partial charge in [-0.2, -0.15) is 13.2 Å².